The summed E-state index contributed by atoms with van der Waals surface area (Å²) in [5, 5.41) is 6.41. The predicted octanol–water partition coefficient (Wildman–Crippen LogP) is 0.964. The van der Waals surface area contributed by atoms with E-state index >= 15 is 0 Å². The summed E-state index contributed by atoms with van der Waals surface area (Å²) in [6, 6.07) is 0.586. The molecule has 1 aliphatic heterocycles. The maximum Gasteiger partial charge on any atom is 0.0273 e. The average molecular weight is 174 g/mol. The number of hydrogen-bond acceptors (Lipinski definition) is 3. The van der Waals surface area contributed by atoms with Crippen LogP contribution in [0.4, 0.5) is 0 Å². The van der Waals surface area contributed by atoms with Crippen molar-refractivity contribution in [1.82, 2.24) is 10.6 Å². The van der Waals surface area contributed by atoms with Crippen molar-refractivity contribution >= 4 is 17.1 Å². The van der Waals surface area contributed by atoms with E-state index in [4.69, 9.17) is 12.2 Å². The lowest BCUT2D eigenvalue weighted by atomic mass is 10.2. The van der Waals surface area contributed by atoms with Crippen LogP contribution in [-0.4, -0.2) is 31.0 Å². The normalized spacial score (nSPS) is 22.8. The van der Waals surface area contributed by atoms with Gasteiger partial charge < -0.3 is 10.6 Å². The van der Waals surface area contributed by atoms with Crippen LogP contribution in [0.1, 0.15) is 20.3 Å². The van der Waals surface area contributed by atoms with Crippen molar-refractivity contribution in [3.8, 4) is 0 Å². The fraction of sp³-hybridized carbons (Fsp3) is 0.875. The summed E-state index contributed by atoms with van der Waals surface area (Å²) in [5.74, 6) is 0. The number of nitrogens with one attached hydrogen (secondary N) is 2. The van der Waals surface area contributed by atoms with E-state index in [0.717, 1.165) is 24.4 Å². The van der Waals surface area contributed by atoms with E-state index in [2.05, 4.69) is 10.6 Å². The molecule has 0 saturated carbocycles. The van der Waals surface area contributed by atoms with Crippen LogP contribution in [0.3, 0.4) is 0 Å². The van der Waals surface area contributed by atoms with E-state index in [9.17, 15) is 0 Å². The Morgan fingerprint density at radius 1 is 1.64 bits per heavy atom. The third-order valence-electron chi connectivity index (χ3n) is 1.51. The summed E-state index contributed by atoms with van der Waals surface area (Å²) < 4.78 is 0. The Morgan fingerprint density at radius 3 is 2.64 bits per heavy atom. The van der Waals surface area contributed by atoms with Crippen LogP contribution in [0.25, 0.3) is 0 Å². The lowest BCUT2D eigenvalue weighted by Crippen LogP contribution is -2.31. The summed E-state index contributed by atoms with van der Waals surface area (Å²) in [6.07, 6.45) is 1.07. The van der Waals surface area contributed by atoms with E-state index < -0.39 is 0 Å². The Morgan fingerprint density at radius 2 is 2.27 bits per heavy atom. The topological polar surface area (TPSA) is 24.1 Å². The molecule has 1 unspecified atom stereocenters. The van der Waals surface area contributed by atoms with Gasteiger partial charge in [-0.2, -0.15) is 0 Å². The van der Waals surface area contributed by atoms with E-state index in [1.54, 1.807) is 0 Å². The van der Waals surface area contributed by atoms with Crippen molar-refractivity contribution in [2.45, 2.75) is 26.3 Å². The Balaban J connectivity index is 0.000000461. The lowest BCUT2D eigenvalue weighted by Gasteiger charge is -2.06. The molecule has 1 fully saturated rings. The van der Waals surface area contributed by atoms with Gasteiger partial charge in [0.25, 0.3) is 0 Å². The van der Waals surface area contributed by atoms with Crippen LogP contribution in [0.2, 0.25) is 0 Å². The summed E-state index contributed by atoms with van der Waals surface area (Å²) in [7, 11) is 1.96. The molecular weight excluding hydrogens is 156 g/mol. The van der Waals surface area contributed by atoms with Gasteiger partial charge in [0.1, 0.15) is 0 Å². The number of rotatable bonds is 2. The molecule has 66 valence electrons. The van der Waals surface area contributed by atoms with Gasteiger partial charge in [-0.15, -0.1) is 0 Å². The molecular formula is C8H18N2S. The van der Waals surface area contributed by atoms with Crippen molar-refractivity contribution < 1.29 is 0 Å². The number of hydrogen-bond donors (Lipinski definition) is 2. The van der Waals surface area contributed by atoms with Crippen molar-refractivity contribution in [1.29, 1.82) is 0 Å². The zero-order chi connectivity index (χ0) is 8.69. The minimum Gasteiger partial charge on any atom is -0.318 e. The monoisotopic (exact) mass is 174 g/mol. The summed E-state index contributed by atoms with van der Waals surface area (Å²) in [6.45, 7) is 5.96. The van der Waals surface area contributed by atoms with Crippen molar-refractivity contribution in [2.75, 3.05) is 20.1 Å². The Kier molecular flexibility index (Phi) is 6.71. The average Bonchev–Trinajstić information content (AvgIpc) is 2.41. The van der Waals surface area contributed by atoms with Crippen LogP contribution in [0, 0.1) is 0 Å². The number of thiocarbonyl (C=S) groups is 1. The highest BCUT2D eigenvalue weighted by molar-refractivity contribution is 7.80. The molecule has 0 aromatic heterocycles. The molecule has 1 aliphatic rings. The Labute approximate surface area is 74.8 Å². The molecule has 0 aromatic carbocycles. The second-order valence-corrected chi connectivity index (χ2v) is 2.96. The fourth-order valence-electron chi connectivity index (χ4n) is 1.07. The molecule has 0 bridgehead atoms. The van der Waals surface area contributed by atoms with E-state index in [-0.39, 0.29) is 0 Å². The third kappa shape index (κ3) is 4.45. The zero-order valence-electron chi connectivity index (χ0n) is 7.61. The molecule has 0 spiro atoms. The van der Waals surface area contributed by atoms with Crippen molar-refractivity contribution in [3.05, 3.63) is 0 Å². The lowest BCUT2D eigenvalue weighted by molar-refractivity contribution is 0.572. The smallest absolute Gasteiger partial charge is 0.0273 e. The minimum absolute atomic E-state index is 0.586. The molecule has 0 aromatic rings. The fourth-order valence-corrected chi connectivity index (χ4v) is 1.35. The van der Waals surface area contributed by atoms with Gasteiger partial charge in [0.2, 0.25) is 0 Å². The highest BCUT2D eigenvalue weighted by Crippen LogP contribution is 2.01. The van der Waals surface area contributed by atoms with Gasteiger partial charge in [0.15, 0.2) is 0 Å². The van der Waals surface area contributed by atoms with Crippen molar-refractivity contribution in [3.63, 3.8) is 0 Å². The first-order valence-corrected chi connectivity index (χ1v) is 4.63. The predicted molar refractivity (Wildman–Crippen MR) is 54.3 cm³/mol. The van der Waals surface area contributed by atoms with Crippen LogP contribution in [0.15, 0.2) is 0 Å². The standard InChI is InChI=1S/C6H12N2S.C2H6/c1-7-3-5-2-6(9)4-8-5;1-2/h5,7-8H,2-4H2,1H3;1-2H3. The molecule has 1 atom stereocenters. The SMILES string of the molecule is CC.CNCC1CC(=S)CN1. The van der Waals surface area contributed by atoms with E-state index in [1.165, 1.54) is 0 Å². The first-order valence-electron chi connectivity index (χ1n) is 4.22. The van der Waals surface area contributed by atoms with Gasteiger partial charge in [0, 0.05) is 24.0 Å². The van der Waals surface area contributed by atoms with E-state index in [0.29, 0.717) is 6.04 Å². The summed E-state index contributed by atoms with van der Waals surface area (Å²) in [4.78, 5) is 1.16. The molecule has 1 heterocycles. The van der Waals surface area contributed by atoms with Gasteiger partial charge in [-0.3, -0.25) is 0 Å². The number of likely N-dealkylation sites (N-methyl/N-ethyl adjacent to an activating group) is 1. The van der Waals surface area contributed by atoms with Gasteiger partial charge in [-0.1, -0.05) is 26.1 Å². The molecule has 2 nitrogen and oxygen atoms in total. The summed E-state index contributed by atoms with van der Waals surface area (Å²) in [5.41, 5.74) is 0. The largest absolute Gasteiger partial charge is 0.318 e. The van der Waals surface area contributed by atoms with Crippen molar-refractivity contribution in [2.24, 2.45) is 0 Å². The van der Waals surface area contributed by atoms with Crippen LogP contribution < -0.4 is 10.6 Å². The van der Waals surface area contributed by atoms with Gasteiger partial charge in [0.05, 0.1) is 0 Å². The van der Waals surface area contributed by atoms with Gasteiger partial charge >= 0.3 is 0 Å². The molecule has 2 N–H and O–H groups in total. The zero-order valence-corrected chi connectivity index (χ0v) is 8.42. The van der Waals surface area contributed by atoms with Crippen LogP contribution in [-0.2, 0) is 0 Å². The molecule has 0 radical (unpaired) electrons. The Hall–Kier alpha value is 0.01000. The molecule has 3 heteroatoms. The van der Waals surface area contributed by atoms with Crippen LogP contribution in [0.5, 0.6) is 0 Å². The first kappa shape index (κ1) is 11.0. The highest BCUT2D eigenvalue weighted by Gasteiger charge is 2.16. The second-order valence-electron chi connectivity index (χ2n) is 2.38. The quantitative estimate of drug-likeness (QED) is 0.610. The molecule has 11 heavy (non-hydrogen) atoms. The van der Waals surface area contributed by atoms with E-state index in [1.807, 2.05) is 20.9 Å². The Bertz CT molecular complexity index is 115. The molecule has 1 saturated heterocycles. The summed E-state index contributed by atoms with van der Waals surface area (Å²) >= 11 is 5.02. The molecule has 1 rings (SSSR count). The van der Waals surface area contributed by atoms with Gasteiger partial charge in [-0.05, 0) is 13.5 Å². The second kappa shape index (κ2) is 6.70. The maximum absolute atomic E-state index is 5.02. The third-order valence-corrected chi connectivity index (χ3v) is 1.82. The molecule has 0 aliphatic carbocycles. The first-order chi connectivity index (χ1) is 5.33. The van der Waals surface area contributed by atoms with Crippen LogP contribution >= 0.6 is 12.2 Å². The maximum atomic E-state index is 5.02. The van der Waals surface area contributed by atoms with Gasteiger partial charge in [-0.25, -0.2) is 0 Å². The minimum atomic E-state index is 0.586. The highest BCUT2D eigenvalue weighted by atomic mass is 32.1. The molecule has 0 amide bonds.